The van der Waals surface area contributed by atoms with Crippen molar-refractivity contribution in [1.29, 1.82) is 0 Å². The molecule has 2 N–H and O–H groups in total. The molecule has 2 heterocycles. The minimum atomic E-state index is -0.515. The average Bonchev–Trinajstić information content (AvgIpc) is 3.23. The highest BCUT2D eigenvalue weighted by Crippen LogP contribution is 2.21. The van der Waals surface area contributed by atoms with E-state index in [1.165, 1.54) is 11.2 Å². The first-order chi connectivity index (χ1) is 11.1. The Labute approximate surface area is 138 Å². The molecule has 1 aromatic carbocycles. The Balaban J connectivity index is 1.63. The lowest BCUT2D eigenvalue weighted by molar-refractivity contribution is -0.124. The van der Waals surface area contributed by atoms with Crippen molar-refractivity contribution in [3.8, 4) is 0 Å². The lowest BCUT2D eigenvalue weighted by atomic mass is 10.2. The van der Waals surface area contributed by atoms with Gasteiger partial charge in [0.25, 0.3) is 11.8 Å². The molecule has 0 bridgehead atoms. The van der Waals surface area contributed by atoms with Gasteiger partial charge in [0.2, 0.25) is 0 Å². The number of rotatable bonds is 4. The molecule has 1 aromatic heterocycles. The van der Waals surface area contributed by atoms with Crippen LogP contribution in [0.4, 0.5) is 5.69 Å². The van der Waals surface area contributed by atoms with E-state index in [1.54, 1.807) is 36.4 Å². The number of benzene rings is 1. The second-order valence-electron chi connectivity index (χ2n) is 5.26. The lowest BCUT2D eigenvalue weighted by Crippen LogP contribution is -2.47. The van der Waals surface area contributed by atoms with E-state index >= 15 is 0 Å². The van der Waals surface area contributed by atoms with Crippen molar-refractivity contribution in [1.82, 2.24) is 10.3 Å². The molecule has 0 radical (unpaired) electrons. The van der Waals surface area contributed by atoms with E-state index in [0.717, 1.165) is 6.42 Å². The van der Waals surface area contributed by atoms with Gasteiger partial charge in [-0.05, 0) is 43.2 Å². The Morgan fingerprint density at radius 2 is 2.13 bits per heavy atom. The van der Waals surface area contributed by atoms with Crippen LogP contribution in [0.3, 0.4) is 0 Å². The van der Waals surface area contributed by atoms with Crippen molar-refractivity contribution in [3.05, 3.63) is 53.4 Å². The van der Waals surface area contributed by atoms with Gasteiger partial charge < -0.3 is 9.32 Å². The Morgan fingerprint density at radius 3 is 2.87 bits per heavy atom. The molecule has 0 aliphatic carbocycles. The van der Waals surface area contributed by atoms with E-state index in [2.05, 4.69) is 10.9 Å². The van der Waals surface area contributed by atoms with Crippen LogP contribution in [0.15, 0.2) is 47.1 Å². The number of likely N-dealkylation sites (tertiary alicyclic amines) is 1. The Kier molecular flexibility index (Phi) is 4.52. The molecule has 1 aliphatic heterocycles. The zero-order valence-electron chi connectivity index (χ0n) is 12.3. The average molecular weight is 334 g/mol. The molecular weight excluding hydrogens is 318 g/mol. The Bertz CT molecular complexity index is 702. The summed E-state index contributed by atoms with van der Waals surface area (Å²) in [7, 11) is 0. The van der Waals surface area contributed by atoms with Crippen molar-refractivity contribution in [2.45, 2.75) is 18.9 Å². The van der Waals surface area contributed by atoms with E-state index in [1.807, 2.05) is 0 Å². The molecule has 1 unspecified atom stereocenters. The molecule has 1 saturated heterocycles. The number of hydrogen-bond donors (Lipinski definition) is 2. The molecule has 1 fully saturated rings. The molecule has 0 saturated carbocycles. The van der Waals surface area contributed by atoms with E-state index in [9.17, 15) is 9.59 Å². The van der Waals surface area contributed by atoms with Crippen LogP contribution in [0.2, 0.25) is 5.02 Å². The van der Waals surface area contributed by atoms with Gasteiger partial charge in [0, 0.05) is 11.6 Å². The van der Waals surface area contributed by atoms with Gasteiger partial charge in [-0.25, -0.2) is 0 Å². The van der Waals surface area contributed by atoms with Gasteiger partial charge in [-0.3, -0.25) is 20.4 Å². The molecule has 2 aromatic rings. The fourth-order valence-corrected chi connectivity index (χ4v) is 2.80. The van der Waals surface area contributed by atoms with Crippen LogP contribution in [0, 0.1) is 0 Å². The molecule has 7 heteroatoms. The number of halogens is 1. The largest absolute Gasteiger partial charge is 0.459 e. The number of carbonyl (C=O) groups excluding carboxylic acids is 2. The van der Waals surface area contributed by atoms with Crippen LogP contribution in [0.5, 0.6) is 0 Å². The topological polar surface area (TPSA) is 74.6 Å². The minimum Gasteiger partial charge on any atom is -0.459 e. The maximum atomic E-state index is 12.4. The fourth-order valence-electron chi connectivity index (χ4n) is 2.61. The zero-order valence-corrected chi connectivity index (χ0v) is 13.0. The molecule has 6 nitrogen and oxygen atoms in total. The maximum absolute atomic E-state index is 12.4. The van der Waals surface area contributed by atoms with Gasteiger partial charge in [0.15, 0.2) is 5.76 Å². The van der Waals surface area contributed by atoms with Gasteiger partial charge in [0.1, 0.15) is 6.04 Å². The second kappa shape index (κ2) is 6.75. The van der Waals surface area contributed by atoms with Gasteiger partial charge in [-0.15, -0.1) is 0 Å². The van der Waals surface area contributed by atoms with Gasteiger partial charge in [0.05, 0.1) is 12.0 Å². The summed E-state index contributed by atoms with van der Waals surface area (Å²) in [6.07, 6.45) is 2.84. The van der Waals surface area contributed by atoms with Crippen LogP contribution in [0.1, 0.15) is 23.4 Å². The highest BCUT2D eigenvalue weighted by Gasteiger charge is 2.35. The first kappa shape index (κ1) is 15.4. The SMILES string of the molecule is O=C(NNc1cccc(Cl)c1)C1CCCN1C(=O)c1ccco1. The second-order valence-corrected chi connectivity index (χ2v) is 5.69. The summed E-state index contributed by atoms with van der Waals surface area (Å²) in [6, 6.07) is 9.74. The van der Waals surface area contributed by atoms with E-state index in [0.29, 0.717) is 23.7 Å². The molecular formula is C16H16ClN3O3. The molecule has 2 amide bonds. The van der Waals surface area contributed by atoms with Gasteiger partial charge in [-0.1, -0.05) is 17.7 Å². The zero-order chi connectivity index (χ0) is 16.2. The van der Waals surface area contributed by atoms with Crippen molar-refractivity contribution in [3.63, 3.8) is 0 Å². The Morgan fingerprint density at radius 1 is 1.26 bits per heavy atom. The monoisotopic (exact) mass is 333 g/mol. The third kappa shape index (κ3) is 3.48. The number of carbonyl (C=O) groups is 2. The number of hydrogen-bond acceptors (Lipinski definition) is 4. The summed E-state index contributed by atoms with van der Waals surface area (Å²) in [5.41, 5.74) is 6.11. The first-order valence-corrected chi connectivity index (χ1v) is 7.69. The molecule has 0 spiro atoms. The smallest absolute Gasteiger partial charge is 0.290 e. The number of nitrogens with zero attached hydrogens (tertiary/aromatic N) is 1. The summed E-state index contributed by atoms with van der Waals surface area (Å²) in [6.45, 7) is 0.536. The third-order valence-corrected chi connectivity index (χ3v) is 3.94. The van der Waals surface area contributed by atoms with Crippen LogP contribution in [-0.2, 0) is 4.79 Å². The number of furan rings is 1. The summed E-state index contributed by atoms with van der Waals surface area (Å²) < 4.78 is 5.13. The normalized spacial score (nSPS) is 17.1. The molecule has 1 aliphatic rings. The predicted octanol–water partition coefficient (Wildman–Crippen LogP) is 2.68. The highest BCUT2D eigenvalue weighted by molar-refractivity contribution is 6.30. The quantitative estimate of drug-likeness (QED) is 0.844. The number of hydrazine groups is 1. The summed E-state index contributed by atoms with van der Waals surface area (Å²) >= 11 is 5.89. The van der Waals surface area contributed by atoms with Crippen molar-refractivity contribution in [2.75, 3.05) is 12.0 Å². The standard InChI is InChI=1S/C16H16ClN3O3/c17-11-4-1-5-12(10-11)18-19-15(21)13-6-2-8-20(13)16(22)14-7-3-9-23-14/h1,3-5,7,9-10,13,18H,2,6,8H2,(H,19,21). The molecule has 120 valence electrons. The predicted molar refractivity (Wildman–Crippen MR) is 86.0 cm³/mol. The number of amides is 2. The highest BCUT2D eigenvalue weighted by atomic mass is 35.5. The van der Waals surface area contributed by atoms with E-state index < -0.39 is 6.04 Å². The summed E-state index contributed by atoms with van der Waals surface area (Å²) in [5, 5.41) is 0.569. The molecule has 3 rings (SSSR count). The summed E-state index contributed by atoms with van der Waals surface area (Å²) in [4.78, 5) is 26.2. The van der Waals surface area contributed by atoms with Gasteiger partial charge >= 0.3 is 0 Å². The maximum Gasteiger partial charge on any atom is 0.290 e. The minimum absolute atomic E-state index is 0.243. The lowest BCUT2D eigenvalue weighted by Gasteiger charge is -2.23. The third-order valence-electron chi connectivity index (χ3n) is 3.70. The van der Waals surface area contributed by atoms with Gasteiger partial charge in [-0.2, -0.15) is 0 Å². The van der Waals surface area contributed by atoms with E-state index in [4.69, 9.17) is 16.0 Å². The first-order valence-electron chi connectivity index (χ1n) is 7.31. The number of nitrogens with one attached hydrogen (secondary N) is 2. The summed E-state index contributed by atoms with van der Waals surface area (Å²) in [5.74, 6) is -0.287. The Hall–Kier alpha value is -2.47. The molecule has 1 atom stereocenters. The van der Waals surface area contributed by atoms with Crippen molar-refractivity contribution < 1.29 is 14.0 Å². The van der Waals surface area contributed by atoms with E-state index in [-0.39, 0.29) is 17.6 Å². The van der Waals surface area contributed by atoms with Crippen molar-refractivity contribution >= 4 is 29.1 Å². The fraction of sp³-hybridized carbons (Fsp3) is 0.250. The molecule has 23 heavy (non-hydrogen) atoms. The van der Waals surface area contributed by atoms with Crippen molar-refractivity contribution in [2.24, 2.45) is 0 Å². The van der Waals surface area contributed by atoms with Crippen LogP contribution in [0.25, 0.3) is 0 Å². The van der Waals surface area contributed by atoms with Crippen LogP contribution >= 0.6 is 11.6 Å². The number of anilines is 1. The van der Waals surface area contributed by atoms with Crippen LogP contribution in [-0.4, -0.2) is 29.3 Å². The van der Waals surface area contributed by atoms with Crippen LogP contribution < -0.4 is 10.9 Å².